The van der Waals surface area contributed by atoms with Crippen molar-refractivity contribution in [3.05, 3.63) is 30.5 Å². The van der Waals surface area contributed by atoms with Gasteiger partial charge in [-0.15, -0.1) is 0 Å². The van der Waals surface area contributed by atoms with Crippen LogP contribution >= 0.6 is 0 Å². The Morgan fingerprint density at radius 1 is 1.22 bits per heavy atom. The van der Waals surface area contributed by atoms with E-state index in [0.29, 0.717) is 19.1 Å². The van der Waals surface area contributed by atoms with Crippen molar-refractivity contribution in [1.82, 2.24) is 28.4 Å². The van der Waals surface area contributed by atoms with E-state index in [1.807, 2.05) is 10.9 Å². The lowest BCUT2D eigenvalue weighted by Gasteiger charge is -2.33. The summed E-state index contributed by atoms with van der Waals surface area (Å²) in [4.78, 5) is 9.07. The molecule has 0 amide bonds. The number of aromatic nitrogens is 4. The van der Waals surface area contributed by atoms with E-state index in [-0.39, 0.29) is 5.92 Å². The Bertz CT molecular complexity index is 860. The molecule has 1 fully saturated rings. The van der Waals surface area contributed by atoms with E-state index < -0.39 is 10.2 Å². The highest BCUT2D eigenvalue weighted by Gasteiger charge is 2.30. The molecule has 148 valence electrons. The van der Waals surface area contributed by atoms with E-state index in [2.05, 4.69) is 28.9 Å². The van der Waals surface area contributed by atoms with Crippen LogP contribution in [0.2, 0.25) is 0 Å². The van der Waals surface area contributed by atoms with Crippen LogP contribution in [-0.2, 0) is 16.6 Å². The zero-order valence-electron chi connectivity index (χ0n) is 16.4. The van der Waals surface area contributed by atoms with E-state index in [1.54, 1.807) is 37.0 Å². The molecule has 2 aromatic heterocycles. The molecule has 1 aliphatic rings. The molecule has 9 heteroatoms. The lowest BCUT2D eigenvalue weighted by Crippen LogP contribution is -2.45. The standard InChI is InChI=1S/C18H28N6O2S/c1-14(2)24-13-16(9-21-24)18-11-19-17(10-20-18)8-15-6-5-7-23(12-15)27(25,26)22(3)4/h9-11,13-15H,5-8,12H2,1-4H3/t15-/m0/s1. The van der Waals surface area contributed by atoms with Gasteiger partial charge in [-0.1, -0.05) is 0 Å². The highest BCUT2D eigenvalue weighted by molar-refractivity contribution is 7.86. The molecule has 1 atom stereocenters. The normalized spacial score (nSPS) is 19.1. The largest absolute Gasteiger partial charge is 0.281 e. The van der Waals surface area contributed by atoms with Crippen LogP contribution in [0.15, 0.2) is 24.8 Å². The monoisotopic (exact) mass is 392 g/mol. The molecule has 0 aliphatic carbocycles. The molecular weight excluding hydrogens is 364 g/mol. The van der Waals surface area contributed by atoms with Crippen LogP contribution in [0.1, 0.15) is 38.4 Å². The molecule has 1 saturated heterocycles. The van der Waals surface area contributed by atoms with Crippen molar-refractivity contribution >= 4 is 10.2 Å². The van der Waals surface area contributed by atoms with Gasteiger partial charge in [0.05, 0.1) is 23.8 Å². The minimum Gasteiger partial charge on any atom is -0.270 e. The first-order valence-corrected chi connectivity index (χ1v) is 10.7. The lowest BCUT2D eigenvalue weighted by atomic mass is 9.95. The van der Waals surface area contributed by atoms with Gasteiger partial charge in [0, 0.05) is 51.2 Å². The molecule has 0 N–H and O–H groups in total. The highest BCUT2D eigenvalue weighted by Crippen LogP contribution is 2.23. The van der Waals surface area contributed by atoms with E-state index in [0.717, 1.165) is 36.2 Å². The predicted molar refractivity (Wildman–Crippen MR) is 104 cm³/mol. The second-order valence-electron chi connectivity index (χ2n) is 7.56. The molecular formula is C18H28N6O2S. The number of nitrogens with zero attached hydrogens (tertiary/aromatic N) is 6. The Morgan fingerprint density at radius 3 is 2.59 bits per heavy atom. The molecule has 0 spiro atoms. The van der Waals surface area contributed by atoms with Gasteiger partial charge in [0.1, 0.15) is 0 Å². The molecule has 3 heterocycles. The topological polar surface area (TPSA) is 84.2 Å². The number of hydrogen-bond acceptors (Lipinski definition) is 5. The number of hydrogen-bond donors (Lipinski definition) is 0. The second-order valence-corrected chi connectivity index (χ2v) is 9.70. The zero-order chi connectivity index (χ0) is 19.6. The number of piperidine rings is 1. The summed E-state index contributed by atoms with van der Waals surface area (Å²) in [5.41, 5.74) is 2.64. The van der Waals surface area contributed by atoms with Crippen LogP contribution < -0.4 is 0 Å². The van der Waals surface area contributed by atoms with Gasteiger partial charge in [-0.25, -0.2) is 0 Å². The smallest absolute Gasteiger partial charge is 0.270 e. The molecule has 0 bridgehead atoms. The maximum Gasteiger partial charge on any atom is 0.281 e. The van der Waals surface area contributed by atoms with E-state index >= 15 is 0 Å². The van der Waals surface area contributed by atoms with E-state index in [4.69, 9.17) is 0 Å². The van der Waals surface area contributed by atoms with Crippen molar-refractivity contribution in [1.29, 1.82) is 0 Å². The Morgan fingerprint density at radius 2 is 2.00 bits per heavy atom. The summed E-state index contributed by atoms with van der Waals surface area (Å²) < 4.78 is 29.4. The molecule has 0 unspecified atom stereocenters. The minimum atomic E-state index is -3.35. The summed E-state index contributed by atoms with van der Waals surface area (Å²) in [6.45, 7) is 5.28. The third kappa shape index (κ3) is 4.53. The van der Waals surface area contributed by atoms with Crippen molar-refractivity contribution in [2.24, 2.45) is 5.92 Å². The maximum absolute atomic E-state index is 12.4. The van der Waals surface area contributed by atoms with Crippen molar-refractivity contribution in [3.63, 3.8) is 0 Å². The lowest BCUT2D eigenvalue weighted by molar-refractivity contribution is 0.253. The molecule has 2 aromatic rings. The fraction of sp³-hybridized carbons (Fsp3) is 0.611. The predicted octanol–water partition coefficient (Wildman–Crippen LogP) is 1.98. The molecule has 27 heavy (non-hydrogen) atoms. The Labute approximate surface area is 161 Å². The van der Waals surface area contributed by atoms with Gasteiger partial charge in [-0.3, -0.25) is 14.6 Å². The van der Waals surface area contributed by atoms with E-state index in [9.17, 15) is 8.42 Å². The first kappa shape index (κ1) is 19.9. The average Bonchev–Trinajstić information content (AvgIpc) is 3.13. The zero-order valence-corrected chi connectivity index (χ0v) is 17.2. The van der Waals surface area contributed by atoms with Gasteiger partial charge < -0.3 is 0 Å². The van der Waals surface area contributed by atoms with Crippen molar-refractivity contribution in [2.45, 2.75) is 39.2 Å². The van der Waals surface area contributed by atoms with Crippen LogP contribution in [0.4, 0.5) is 0 Å². The fourth-order valence-corrected chi connectivity index (χ4v) is 4.51. The molecule has 3 rings (SSSR count). The summed E-state index contributed by atoms with van der Waals surface area (Å²) in [6, 6.07) is 0.304. The highest BCUT2D eigenvalue weighted by atomic mass is 32.2. The second kappa shape index (κ2) is 8.04. The number of rotatable bonds is 6. The first-order chi connectivity index (χ1) is 12.8. The summed E-state index contributed by atoms with van der Waals surface area (Å²) >= 11 is 0. The SMILES string of the molecule is CC(C)n1cc(-c2cnc(C[C@@H]3CCCN(S(=O)(=O)N(C)C)C3)cn2)cn1. The van der Waals surface area contributed by atoms with Crippen LogP contribution in [-0.4, -0.2) is 64.0 Å². The Kier molecular flexibility index (Phi) is 5.92. The molecule has 0 saturated carbocycles. The van der Waals surface area contributed by atoms with Crippen LogP contribution in [0.5, 0.6) is 0 Å². The summed E-state index contributed by atoms with van der Waals surface area (Å²) in [6.07, 6.45) is 9.95. The summed E-state index contributed by atoms with van der Waals surface area (Å²) in [7, 11) is -0.203. The molecule has 8 nitrogen and oxygen atoms in total. The molecule has 0 radical (unpaired) electrons. The summed E-state index contributed by atoms with van der Waals surface area (Å²) in [5, 5.41) is 4.34. The molecule has 1 aliphatic heterocycles. The maximum atomic E-state index is 12.4. The van der Waals surface area contributed by atoms with Crippen molar-refractivity contribution < 1.29 is 8.42 Å². The third-order valence-electron chi connectivity index (χ3n) is 4.90. The third-order valence-corrected chi connectivity index (χ3v) is 6.81. The van der Waals surface area contributed by atoms with Gasteiger partial charge in [0.25, 0.3) is 10.2 Å². The van der Waals surface area contributed by atoms with Crippen LogP contribution in [0, 0.1) is 5.92 Å². The van der Waals surface area contributed by atoms with Gasteiger partial charge in [0.2, 0.25) is 0 Å². The first-order valence-electron chi connectivity index (χ1n) is 9.30. The fourth-order valence-electron chi connectivity index (χ4n) is 3.29. The van der Waals surface area contributed by atoms with Gasteiger partial charge >= 0.3 is 0 Å². The van der Waals surface area contributed by atoms with Crippen LogP contribution in [0.25, 0.3) is 11.3 Å². The average molecular weight is 393 g/mol. The van der Waals surface area contributed by atoms with Gasteiger partial charge in [-0.05, 0) is 39.0 Å². The van der Waals surface area contributed by atoms with E-state index in [1.165, 1.54) is 4.31 Å². The Hall–Kier alpha value is -1.84. The van der Waals surface area contributed by atoms with Crippen LogP contribution in [0.3, 0.4) is 0 Å². The minimum absolute atomic E-state index is 0.261. The molecule has 0 aromatic carbocycles. The van der Waals surface area contributed by atoms with Crippen molar-refractivity contribution in [2.75, 3.05) is 27.2 Å². The van der Waals surface area contributed by atoms with Crippen molar-refractivity contribution in [3.8, 4) is 11.3 Å². The summed E-state index contributed by atoms with van der Waals surface area (Å²) in [5.74, 6) is 0.261. The quantitative estimate of drug-likeness (QED) is 0.750. The Balaban J connectivity index is 1.65. The van der Waals surface area contributed by atoms with Gasteiger partial charge in [0.15, 0.2) is 0 Å². The van der Waals surface area contributed by atoms with Gasteiger partial charge in [-0.2, -0.15) is 22.1 Å².